The molecule has 21 heavy (non-hydrogen) atoms. The van der Waals surface area contributed by atoms with Crippen LogP contribution >= 0.6 is 0 Å². The van der Waals surface area contributed by atoms with E-state index in [4.69, 9.17) is 4.74 Å². The molecule has 0 radical (unpaired) electrons. The van der Waals surface area contributed by atoms with Crippen molar-refractivity contribution in [3.8, 4) is 0 Å². The Morgan fingerprint density at radius 1 is 1.24 bits per heavy atom. The van der Waals surface area contributed by atoms with Gasteiger partial charge in [0.1, 0.15) is 11.0 Å². The van der Waals surface area contributed by atoms with Crippen molar-refractivity contribution in [3.05, 3.63) is 0 Å². The highest BCUT2D eigenvalue weighted by atomic mass is 16.6. The minimum absolute atomic E-state index is 0.241. The van der Waals surface area contributed by atoms with E-state index in [1.165, 1.54) is 0 Å². The van der Waals surface area contributed by atoms with Crippen LogP contribution in [0.25, 0.3) is 0 Å². The summed E-state index contributed by atoms with van der Waals surface area (Å²) in [5.41, 5.74) is -3.27. The molecule has 118 valence electrons. The van der Waals surface area contributed by atoms with Crippen molar-refractivity contribution in [2.24, 2.45) is 10.8 Å². The van der Waals surface area contributed by atoms with Crippen LogP contribution in [0, 0.1) is 10.8 Å². The number of rotatable bonds is 2. The van der Waals surface area contributed by atoms with Crippen molar-refractivity contribution >= 4 is 12.1 Å². The minimum Gasteiger partial charge on any atom is -0.481 e. The summed E-state index contributed by atoms with van der Waals surface area (Å²) in [5.74, 6) is -0.932. The Bertz CT molecular complexity index is 513. The number of hydrogen-bond acceptors (Lipinski definition) is 4. The van der Waals surface area contributed by atoms with Crippen molar-refractivity contribution in [2.45, 2.75) is 70.1 Å². The van der Waals surface area contributed by atoms with Gasteiger partial charge in [-0.3, -0.25) is 4.79 Å². The zero-order valence-corrected chi connectivity index (χ0v) is 12.7. The number of hydrogen-bond donors (Lipinski definition) is 3. The van der Waals surface area contributed by atoms with Gasteiger partial charge in [0.15, 0.2) is 0 Å². The molecule has 4 atom stereocenters. The highest BCUT2D eigenvalue weighted by Crippen LogP contribution is 2.86. The molecule has 0 aromatic carbocycles. The second kappa shape index (κ2) is 3.91. The fraction of sp³-hybridized carbons (Fsp3) is 0.867. The lowest BCUT2D eigenvalue weighted by Crippen LogP contribution is -2.42. The van der Waals surface area contributed by atoms with Crippen molar-refractivity contribution < 1.29 is 24.5 Å². The summed E-state index contributed by atoms with van der Waals surface area (Å²) in [6, 6.07) is -0.241. The summed E-state index contributed by atoms with van der Waals surface area (Å²) in [5, 5.41) is 23.1. The molecule has 1 amide bonds. The Morgan fingerprint density at radius 2 is 1.90 bits per heavy atom. The van der Waals surface area contributed by atoms with Crippen molar-refractivity contribution in [3.63, 3.8) is 0 Å². The number of carbonyl (C=O) groups is 2. The molecule has 0 aromatic rings. The average molecular weight is 297 g/mol. The number of fused-ring (bicyclic) bond motifs is 1. The third kappa shape index (κ3) is 1.62. The first-order valence-corrected chi connectivity index (χ1v) is 7.53. The van der Waals surface area contributed by atoms with E-state index in [1.807, 2.05) is 0 Å². The van der Waals surface area contributed by atoms with Crippen LogP contribution in [0.5, 0.6) is 0 Å². The molecule has 0 aromatic heterocycles. The van der Waals surface area contributed by atoms with Crippen LogP contribution < -0.4 is 5.32 Å². The third-order valence-electron chi connectivity index (χ3n) is 5.63. The highest BCUT2D eigenvalue weighted by molar-refractivity contribution is 5.86. The van der Waals surface area contributed by atoms with E-state index in [2.05, 4.69) is 5.32 Å². The van der Waals surface area contributed by atoms with Crippen LogP contribution in [0.1, 0.15) is 52.9 Å². The van der Waals surface area contributed by atoms with Gasteiger partial charge in [-0.25, -0.2) is 4.79 Å². The highest BCUT2D eigenvalue weighted by Gasteiger charge is 2.94. The molecule has 3 fully saturated rings. The number of carboxylic acids is 1. The molecule has 0 aliphatic heterocycles. The van der Waals surface area contributed by atoms with E-state index in [0.29, 0.717) is 12.8 Å². The second-order valence-electron chi connectivity index (χ2n) is 7.76. The predicted molar refractivity (Wildman–Crippen MR) is 73.7 cm³/mol. The Labute approximate surface area is 123 Å². The molecule has 0 heterocycles. The molecule has 3 saturated carbocycles. The van der Waals surface area contributed by atoms with Gasteiger partial charge in [0.25, 0.3) is 0 Å². The molecule has 3 N–H and O–H groups in total. The van der Waals surface area contributed by atoms with E-state index in [1.54, 1.807) is 20.8 Å². The Hall–Kier alpha value is -1.30. The topological polar surface area (TPSA) is 95.9 Å². The van der Waals surface area contributed by atoms with Crippen LogP contribution in [0.15, 0.2) is 0 Å². The van der Waals surface area contributed by atoms with Crippen LogP contribution in [-0.2, 0) is 9.53 Å². The van der Waals surface area contributed by atoms with Gasteiger partial charge in [0.2, 0.25) is 0 Å². The van der Waals surface area contributed by atoms with E-state index in [9.17, 15) is 19.8 Å². The van der Waals surface area contributed by atoms with Crippen LogP contribution in [0.3, 0.4) is 0 Å². The Kier molecular flexibility index (Phi) is 2.73. The van der Waals surface area contributed by atoms with Gasteiger partial charge < -0.3 is 20.3 Å². The molecule has 0 saturated heterocycles. The maximum atomic E-state index is 11.8. The van der Waals surface area contributed by atoms with Gasteiger partial charge in [-0.15, -0.1) is 0 Å². The van der Waals surface area contributed by atoms with Crippen LogP contribution in [0.2, 0.25) is 0 Å². The normalized spacial score (nSPS) is 43.9. The van der Waals surface area contributed by atoms with Gasteiger partial charge >= 0.3 is 12.1 Å². The molecular formula is C15H23NO5. The summed E-state index contributed by atoms with van der Waals surface area (Å²) in [6.45, 7) is 5.35. The van der Waals surface area contributed by atoms with Crippen molar-refractivity contribution in [2.75, 3.05) is 0 Å². The summed E-state index contributed by atoms with van der Waals surface area (Å²) in [4.78, 5) is 23.6. The average Bonchev–Trinajstić information content (AvgIpc) is 2.65. The lowest BCUT2D eigenvalue weighted by molar-refractivity contribution is -0.147. The molecule has 2 unspecified atom stereocenters. The summed E-state index contributed by atoms with van der Waals surface area (Å²) >= 11 is 0. The van der Waals surface area contributed by atoms with Gasteiger partial charge in [0, 0.05) is 11.5 Å². The monoisotopic (exact) mass is 297 g/mol. The predicted octanol–water partition coefficient (Wildman–Crippen LogP) is 1.66. The molecule has 3 aliphatic rings. The number of carboxylic acid groups (broad SMARTS) is 1. The maximum absolute atomic E-state index is 11.8. The van der Waals surface area contributed by atoms with Gasteiger partial charge in [0.05, 0.1) is 5.60 Å². The van der Waals surface area contributed by atoms with E-state index in [-0.39, 0.29) is 12.5 Å². The first-order chi connectivity index (χ1) is 9.58. The number of aliphatic carboxylic acids is 1. The second-order valence-corrected chi connectivity index (χ2v) is 7.76. The fourth-order valence-electron chi connectivity index (χ4n) is 5.06. The van der Waals surface area contributed by atoms with Gasteiger partial charge in [-0.1, -0.05) is 0 Å². The number of amides is 1. The Balaban J connectivity index is 1.72. The number of ether oxygens (including phenoxy) is 1. The molecular weight excluding hydrogens is 274 g/mol. The third-order valence-corrected chi connectivity index (χ3v) is 5.63. The SMILES string of the molecule is CC(C)(C)OC(=O)N[C@@H]1CC23CCCC2(O)[C@@]3(C(=O)O)C1. The van der Waals surface area contributed by atoms with Crippen LogP contribution in [0.4, 0.5) is 4.79 Å². The van der Waals surface area contributed by atoms with Crippen molar-refractivity contribution in [1.29, 1.82) is 0 Å². The summed E-state index contributed by atoms with van der Waals surface area (Å²) < 4.78 is 5.22. The smallest absolute Gasteiger partial charge is 0.407 e. The quantitative estimate of drug-likeness (QED) is 0.720. The van der Waals surface area contributed by atoms with E-state index in [0.717, 1.165) is 12.8 Å². The number of aliphatic hydroxyl groups is 1. The Morgan fingerprint density at radius 3 is 2.43 bits per heavy atom. The molecule has 1 spiro atoms. The summed E-state index contributed by atoms with van der Waals surface area (Å²) in [6.07, 6.45) is 2.42. The first-order valence-electron chi connectivity index (χ1n) is 7.53. The lowest BCUT2D eigenvalue weighted by Gasteiger charge is -2.25. The fourth-order valence-corrected chi connectivity index (χ4v) is 5.06. The standard InChI is InChI=1S/C15H23NO5/c1-12(2,3)21-11(19)16-9-7-13-5-4-6-15(13,20)14(13,8-9)10(17)18/h9,20H,4-8H2,1-3H3,(H,16,19)(H,17,18)/t9-,13?,14-,15?/m1/s1. The van der Waals surface area contributed by atoms with Crippen molar-refractivity contribution in [1.82, 2.24) is 5.32 Å². The maximum Gasteiger partial charge on any atom is 0.407 e. The van der Waals surface area contributed by atoms with Gasteiger partial charge in [-0.05, 0) is 52.9 Å². The molecule has 0 bridgehead atoms. The molecule has 3 aliphatic carbocycles. The van der Waals surface area contributed by atoms with E-state index < -0.39 is 34.1 Å². The lowest BCUT2D eigenvalue weighted by atomic mass is 9.90. The minimum atomic E-state index is -1.07. The van der Waals surface area contributed by atoms with E-state index >= 15 is 0 Å². The zero-order chi connectivity index (χ0) is 15.7. The zero-order valence-electron chi connectivity index (χ0n) is 12.7. The largest absolute Gasteiger partial charge is 0.481 e. The number of carbonyl (C=O) groups excluding carboxylic acids is 1. The molecule has 6 heteroatoms. The molecule has 6 nitrogen and oxygen atoms in total. The van der Waals surface area contributed by atoms with Crippen LogP contribution in [-0.4, -0.2) is 39.5 Å². The molecule has 3 rings (SSSR count). The number of alkyl carbamates (subject to hydrolysis) is 1. The van der Waals surface area contributed by atoms with Gasteiger partial charge in [-0.2, -0.15) is 0 Å². The summed E-state index contributed by atoms with van der Waals surface area (Å²) in [7, 11) is 0. The first kappa shape index (κ1) is 14.6. The number of nitrogens with one attached hydrogen (secondary N) is 1.